The van der Waals surface area contributed by atoms with Crippen LogP contribution in [0.2, 0.25) is 0 Å². The smallest absolute Gasteiger partial charge is 0.0251 e. The number of hydrogen-bond acceptors (Lipinski definition) is 0. The lowest BCUT2D eigenvalue weighted by molar-refractivity contribution is 0.497. The Balaban J connectivity index is 0. The Bertz CT molecular complexity index is 48.8. The fraction of sp³-hybridized carbons (Fsp3) is 1.00. The van der Waals surface area contributed by atoms with E-state index in [9.17, 15) is 0 Å². The molecule has 1 unspecified atom stereocenters. The molecule has 0 aromatic heterocycles. The number of alkyl halides is 1. The number of unbranched alkanes of at least 4 members (excludes halogenated alkanes) is 1. The van der Waals surface area contributed by atoms with E-state index in [1.54, 1.807) is 0 Å². The lowest BCUT2D eigenvalue weighted by atomic mass is 10.0. The highest BCUT2D eigenvalue weighted by Gasteiger charge is 2.01. The molecule has 11 heavy (non-hydrogen) atoms. The van der Waals surface area contributed by atoms with E-state index in [2.05, 4.69) is 13.8 Å². The van der Waals surface area contributed by atoms with Gasteiger partial charge in [0, 0.05) is 5.88 Å². The van der Waals surface area contributed by atoms with Crippen LogP contribution in [0, 0.1) is 5.92 Å². The molecular formula is C10H23Cl. The van der Waals surface area contributed by atoms with Crippen LogP contribution in [-0.2, 0) is 0 Å². The first-order valence-electron chi connectivity index (χ1n) is 4.91. The summed E-state index contributed by atoms with van der Waals surface area (Å²) in [6, 6.07) is 0. The summed E-state index contributed by atoms with van der Waals surface area (Å²) >= 11 is 5.70. The first-order valence-corrected chi connectivity index (χ1v) is 5.44. The van der Waals surface area contributed by atoms with Crippen molar-refractivity contribution >= 4 is 11.6 Å². The van der Waals surface area contributed by atoms with E-state index in [1.165, 1.54) is 25.7 Å². The summed E-state index contributed by atoms with van der Waals surface area (Å²) in [7, 11) is 0. The second-order valence-electron chi connectivity index (χ2n) is 2.57. The largest absolute Gasteiger partial charge is 0.126 e. The highest BCUT2D eigenvalue weighted by Crippen LogP contribution is 2.13. The normalized spacial score (nSPS) is 11.7. The molecule has 1 atom stereocenters. The van der Waals surface area contributed by atoms with E-state index in [-0.39, 0.29) is 0 Å². The molecule has 0 N–H and O–H groups in total. The third-order valence-electron chi connectivity index (χ3n) is 1.76. The Hall–Kier alpha value is 0.290. The van der Waals surface area contributed by atoms with Crippen LogP contribution in [-0.4, -0.2) is 5.88 Å². The predicted octanol–water partition coefficient (Wildman–Crippen LogP) is 4.47. The van der Waals surface area contributed by atoms with Gasteiger partial charge in [-0.15, -0.1) is 11.6 Å². The lowest BCUT2D eigenvalue weighted by Crippen LogP contribution is -1.99. The third-order valence-corrected chi connectivity index (χ3v) is 2.20. The summed E-state index contributed by atoms with van der Waals surface area (Å²) in [6.45, 7) is 8.43. The van der Waals surface area contributed by atoms with Gasteiger partial charge in [-0.3, -0.25) is 0 Å². The molecule has 0 aromatic carbocycles. The van der Waals surface area contributed by atoms with Gasteiger partial charge in [0.2, 0.25) is 0 Å². The Morgan fingerprint density at radius 3 is 2.00 bits per heavy atom. The van der Waals surface area contributed by atoms with Gasteiger partial charge in [-0.2, -0.15) is 0 Å². The van der Waals surface area contributed by atoms with Gasteiger partial charge in [-0.25, -0.2) is 0 Å². The molecule has 0 rings (SSSR count). The van der Waals surface area contributed by atoms with Crippen molar-refractivity contribution in [3.8, 4) is 0 Å². The molecule has 0 aromatic rings. The zero-order valence-electron chi connectivity index (χ0n) is 8.49. The molecule has 0 amide bonds. The van der Waals surface area contributed by atoms with Gasteiger partial charge in [-0.1, -0.05) is 47.0 Å². The maximum absolute atomic E-state index is 5.70. The maximum atomic E-state index is 5.70. The quantitative estimate of drug-likeness (QED) is 0.545. The van der Waals surface area contributed by atoms with Gasteiger partial charge in [-0.05, 0) is 12.3 Å². The topological polar surface area (TPSA) is 0 Å². The van der Waals surface area contributed by atoms with Crippen LogP contribution in [0.15, 0.2) is 0 Å². The molecule has 0 aliphatic heterocycles. The van der Waals surface area contributed by atoms with Crippen LogP contribution >= 0.6 is 11.6 Å². The van der Waals surface area contributed by atoms with E-state index in [4.69, 9.17) is 11.6 Å². The predicted molar refractivity (Wildman–Crippen MR) is 55.4 cm³/mol. The molecule has 0 aliphatic carbocycles. The van der Waals surface area contributed by atoms with Gasteiger partial charge in [0.25, 0.3) is 0 Å². The number of hydrogen-bond donors (Lipinski definition) is 0. The molecule has 0 bridgehead atoms. The Morgan fingerprint density at radius 1 is 1.18 bits per heavy atom. The van der Waals surface area contributed by atoms with Crippen molar-refractivity contribution in [2.45, 2.75) is 53.4 Å². The molecule has 0 saturated heterocycles. The van der Waals surface area contributed by atoms with Crippen molar-refractivity contribution in [3.05, 3.63) is 0 Å². The zero-order valence-corrected chi connectivity index (χ0v) is 9.25. The summed E-state index contributed by atoms with van der Waals surface area (Å²) in [5.74, 6) is 1.61. The molecule has 0 heterocycles. The second kappa shape index (κ2) is 12.9. The van der Waals surface area contributed by atoms with Crippen molar-refractivity contribution in [1.82, 2.24) is 0 Å². The average Bonchev–Trinajstić information content (AvgIpc) is 2.10. The van der Waals surface area contributed by atoms with Gasteiger partial charge in [0.1, 0.15) is 0 Å². The van der Waals surface area contributed by atoms with Gasteiger partial charge in [0.05, 0.1) is 0 Å². The number of rotatable bonds is 5. The molecule has 0 saturated carbocycles. The molecule has 0 fully saturated rings. The van der Waals surface area contributed by atoms with Crippen LogP contribution < -0.4 is 0 Å². The molecule has 1 heteroatoms. The Kier molecular flexibility index (Phi) is 16.3. The molecule has 70 valence electrons. The van der Waals surface area contributed by atoms with Crippen molar-refractivity contribution < 1.29 is 0 Å². The monoisotopic (exact) mass is 178 g/mol. The molecule has 0 aliphatic rings. The van der Waals surface area contributed by atoms with Gasteiger partial charge >= 0.3 is 0 Å². The van der Waals surface area contributed by atoms with Crippen LogP contribution in [0.1, 0.15) is 53.4 Å². The summed E-state index contributed by atoms with van der Waals surface area (Å²) in [5.41, 5.74) is 0. The third kappa shape index (κ3) is 10.3. The number of halogens is 1. The van der Waals surface area contributed by atoms with Gasteiger partial charge < -0.3 is 0 Å². The summed E-state index contributed by atoms with van der Waals surface area (Å²) < 4.78 is 0. The fourth-order valence-electron chi connectivity index (χ4n) is 0.883. The lowest BCUT2D eigenvalue weighted by Gasteiger charge is -2.08. The average molecular weight is 179 g/mol. The van der Waals surface area contributed by atoms with Crippen LogP contribution in [0.25, 0.3) is 0 Å². The fourth-order valence-corrected chi connectivity index (χ4v) is 1.26. The standard InChI is InChI=1S/C8H17Cl.C2H6/c1-3-5-6-8(4-2)7-9;1-2/h8H,3-7H2,1-2H3;1-2H3. The van der Waals surface area contributed by atoms with E-state index in [0.717, 1.165) is 11.8 Å². The zero-order chi connectivity index (χ0) is 9.11. The molecule has 0 radical (unpaired) electrons. The Labute approximate surface area is 77.3 Å². The van der Waals surface area contributed by atoms with E-state index in [0.29, 0.717) is 0 Å². The van der Waals surface area contributed by atoms with Crippen molar-refractivity contribution in [2.24, 2.45) is 5.92 Å². The van der Waals surface area contributed by atoms with E-state index >= 15 is 0 Å². The SMILES string of the molecule is CC.CCCCC(CC)CCl. The first kappa shape index (κ1) is 13.9. The second-order valence-corrected chi connectivity index (χ2v) is 2.88. The van der Waals surface area contributed by atoms with E-state index in [1.807, 2.05) is 13.8 Å². The minimum Gasteiger partial charge on any atom is -0.126 e. The van der Waals surface area contributed by atoms with Crippen molar-refractivity contribution in [3.63, 3.8) is 0 Å². The maximum Gasteiger partial charge on any atom is 0.0251 e. The minimum absolute atomic E-state index is 0.770. The van der Waals surface area contributed by atoms with Crippen molar-refractivity contribution in [2.75, 3.05) is 5.88 Å². The van der Waals surface area contributed by atoms with E-state index < -0.39 is 0 Å². The van der Waals surface area contributed by atoms with Crippen LogP contribution in [0.3, 0.4) is 0 Å². The van der Waals surface area contributed by atoms with Crippen LogP contribution in [0.4, 0.5) is 0 Å². The first-order chi connectivity index (χ1) is 5.35. The summed E-state index contributed by atoms with van der Waals surface area (Å²) in [4.78, 5) is 0. The summed E-state index contributed by atoms with van der Waals surface area (Å²) in [6.07, 6.45) is 5.19. The highest BCUT2D eigenvalue weighted by atomic mass is 35.5. The van der Waals surface area contributed by atoms with Crippen molar-refractivity contribution in [1.29, 1.82) is 0 Å². The highest BCUT2D eigenvalue weighted by molar-refractivity contribution is 6.18. The summed E-state index contributed by atoms with van der Waals surface area (Å²) in [5, 5.41) is 0. The molecule has 0 spiro atoms. The molecule has 0 nitrogen and oxygen atoms in total. The molecular weight excluding hydrogens is 156 g/mol. The van der Waals surface area contributed by atoms with Gasteiger partial charge in [0.15, 0.2) is 0 Å². The minimum atomic E-state index is 0.770. The van der Waals surface area contributed by atoms with Crippen LogP contribution in [0.5, 0.6) is 0 Å². The Morgan fingerprint density at radius 2 is 1.73 bits per heavy atom.